The highest BCUT2D eigenvalue weighted by Gasteiger charge is 2.43. The van der Waals surface area contributed by atoms with Gasteiger partial charge in [-0.25, -0.2) is 0 Å². The Kier molecular flexibility index (Phi) is 6.71. The Hall–Kier alpha value is -0.570. The van der Waals surface area contributed by atoms with Crippen LogP contribution < -0.4 is 0 Å². The van der Waals surface area contributed by atoms with Gasteiger partial charge in [-0.3, -0.25) is 4.79 Å². The number of ketones is 1. The highest BCUT2D eigenvalue weighted by Crippen LogP contribution is 2.22. The summed E-state index contributed by atoms with van der Waals surface area (Å²) in [5.41, 5.74) is -0.400. The van der Waals surface area contributed by atoms with Gasteiger partial charge in [-0.1, -0.05) is 20.8 Å². The van der Waals surface area contributed by atoms with Crippen LogP contribution in [-0.2, 0) is 14.3 Å². The summed E-state index contributed by atoms with van der Waals surface area (Å²) in [6.45, 7) is 5.20. The Balaban J connectivity index is 2.39. The fourth-order valence-corrected chi connectivity index (χ4v) is 2.01. The fourth-order valence-electron chi connectivity index (χ4n) is 2.01. The standard InChI is InChI=1S/C14H26O7/c1-14(2,3)9(16)5-4-6-20-13-12(19)11(18)10(17)8(7-15)21-13/h8,10-13,15,17-19H,4-7H2,1-3H3. The van der Waals surface area contributed by atoms with Crippen molar-refractivity contribution in [3.05, 3.63) is 0 Å². The van der Waals surface area contributed by atoms with Gasteiger partial charge in [-0.2, -0.15) is 0 Å². The van der Waals surface area contributed by atoms with Crippen LogP contribution >= 0.6 is 0 Å². The van der Waals surface area contributed by atoms with Crippen LogP contribution in [0, 0.1) is 5.41 Å². The van der Waals surface area contributed by atoms with Crippen LogP contribution in [0.1, 0.15) is 33.6 Å². The van der Waals surface area contributed by atoms with E-state index in [9.17, 15) is 20.1 Å². The minimum Gasteiger partial charge on any atom is -0.394 e. The van der Waals surface area contributed by atoms with Crippen molar-refractivity contribution in [2.24, 2.45) is 5.41 Å². The first-order valence-corrected chi connectivity index (χ1v) is 7.14. The van der Waals surface area contributed by atoms with Gasteiger partial charge in [0.2, 0.25) is 0 Å². The first-order chi connectivity index (χ1) is 9.68. The molecule has 0 aromatic rings. The topological polar surface area (TPSA) is 116 Å². The number of carbonyl (C=O) groups excluding carboxylic acids is 1. The predicted octanol–water partition coefficient (Wildman–Crippen LogP) is -0.802. The van der Waals surface area contributed by atoms with E-state index in [2.05, 4.69) is 0 Å². The Morgan fingerprint density at radius 2 is 1.76 bits per heavy atom. The van der Waals surface area contributed by atoms with Gasteiger partial charge in [0.25, 0.3) is 0 Å². The number of rotatable bonds is 6. The van der Waals surface area contributed by atoms with Crippen molar-refractivity contribution >= 4 is 5.78 Å². The molecule has 0 aliphatic carbocycles. The summed E-state index contributed by atoms with van der Waals surface area (Å²) >= 11 is 0. The molecule has 21 heavy (non-hydrogen) atoms. The molecule has 0 radical (unpaired) electrons. The molecule has 7 nitrogen and oxygen atoms in total. The average Bonchev–Trinajstić information content (AvgIpc) is 2.41. The van der Waals surface area contributed by atoms with Gasteiger partial charge in [-0.15, -0.1) is 0 Å². The number of hydrogen-bond donors (Lipinski definition) is 4. The van der Waals surface area contributed by atoms with Gasteiger partial charge in [0.15, 0.2) is 6.29 Å². The zero-order valence-electron chi connectivity index (χ0n) is 12.7. The van der Waals surface area contributed by atoms with Crippen LogP contribution in [0.4, 0.5) is 0 Å². The maximum Gasteiger partial charge on any atom is 0.186 e. The third kappa shape index (κ3) is 4.98. The van der Waals surface area contributed by atoms with Gasteiger partial charge >= 0.3 is 0 Å². The smallest absolute Gasteiger partial charge is 0.186 e. The first kappa shape index (κ1) is 18.5. The molecule has 0 bridgehead atoms. The van der Waals surface area contributed by atoms with Gasteiger partial charge in [0, 0.05) is 11.8 Å². The fraction of sp³-hybridized carbons (Fsp3) is 0.929. The molecule has 0 aromatic heterocycles. The zero-order valence-corrected chi connectivity index (χ0v) is 12.7. The first-order valence-electron chi connectivity index (χ1n) is 7.14. The molecule has 7 heteroatoms. The van der Waals surface area contributed by atoms with E-state index in [4.69, 9.17) is 14.6 Å². The highest BCUT2D eigenvalue weighted by atomic mass is 16.7. The van der Waals surface area contributed by atoms with E-state index in [0.717, 1.165) is 0 Å². The van der Waals surface area contributed by atoms with Gasteiger partial charge < -0.3 is 29.9 Å². The summed E-state index contributed by atoms with van der Waals surface area (Å²) in [6, 6.07) is 0. The summed E-state index contributed by atoms with van der Waals surface area (Å²) in [7, 11) is 0. The molecule has 1 fully saturated rings. The van der Waals surface area contributed by atoms with Crippen molar-refractivity contribution in [2.75, 3.05) is 13.2 Å². The monoisotopic (exact) mass is 306 g/mol. The number of aliphatic hydroxyl groups excluding tert-OH is 4. The minimum absolute atomic E-state index is 0.111. The lowest BCUT2D eigenvalue weighted by Crippen LogP contribution is -2.59. The number of hydrogen-bond acceptors (Lipinski definition) is 7. The highest BCUT2D eigenvalue weighted by molar-refractivity contribution is 5.83. The molecule has 4 N–H and O–H groups in total. The van der Waals surface area contributed by atoms with Crippen molar-refractivity contribution in [1.82, 2.24) is 0 Å². The number of carbonyl (C=O) groups is 1. The molecule has 124 valence electrons. The molecule has 1 aliphatic heterocycles. The average molecular weight is 306 g/mol. The van der Waals surface area contributed by atoms with Crippen LogP contribution in [0.3, 0.4) is 0 Å². The SMILES string of the molecule is CC(C)(C)C(=O)CCCOC1OC(CO)C(O)C(O)C1O. The quantitative estimate of drug-likeness (QED) is 0.475. The molecule has 1 rings (SSSR count). The van der Waals surface area contributed by atoms with Crippen molar-refractivity contribution in [3.8, 4) is 0 Å². The molecule has 1 saturated heterocycles. The molecular weight excluding hydrogens is 280 g/mol. The minimum atomic E-state index is -1.45. The third-order valence-electron chi connectivity index (χ3n) is 3.52. The van der Waals surface area contributed by atoms with Gasteiger partial charge in [0.1, 0.15) is 30.2 Å². The van der Waals surface area contributed by atoms with Crippen molar-refractivity contribution in [1.29, 1.82) is 0 Å². The number of aliphatic hydroxyl groups is 4. The van der Waals surface area contributed by atoms with E-state index < -0.39 is 42.7 Å². The third-order valence-corrected chi connectivity index (χ3v) is 3.52. The van der Waals surface area contributed by atoms with E-state index >= 15 is 0 Å². The second-order valence-corrected chi connectivity index (χ2v) is 6.34. The zero-order chi connectivity index (χ0) is 16.2. The summed E-state index contributed by atoms with van der Waals surface area (Å²) in [5, 5.41) is 38.0. The molecule has 1 aliphatic rings. The summed E-state index contributed by atoms with van der Waals surface area (Å²) in [5.74, 6) is 0.111. The molecule has 0 saturated carbocycles. The molecule has 1 heterocycles. The summed E-state index contributed by atoms with van der Waals surface area (Å²) in [6.07, 6.45) is -5.55. The lowest BCUT2D eigenvalue weighted by molar-refractivity contribution is -0.301. The molecular formula is C14H26O7. The van der Waals surface area contributed by atoms with Crippen molar-refractivity contribution < 1.29 is 34.7 Å². The van der Waals surface area contributed by atoms with Crippen LogP contribution in [0.5, 0.6) is 0 Å². The van der Waals surface area contributed by atoms with E-state index in [1.807, 2.05) is 20.8 Å². The van der Waals surface area contributed by atoms with E-state index in [0.29, 0.717) is 12.8 Å². The summed E-state index contributed by atoms with van der Waals surface area (Å²) in [4.78, 5) is 11.7. The molecule has 0 aromatic carbocycles. The molecule has 0 spiro atoms. The Morgan fingerprint density at radius 3 is 2.29 bits per heavy atom. The van der Waals surface area contributed by atoms with Crippen LogP contribution in [0.15, 0.2) is 0 Å². The second kappa shape index (κ2) is 7.62. The normalized spacial score (nSPS) is 34.0. The van der Waals surface area contributed by atoms with E-state index in [1.165, 1.54) is 0 Å². The van der Waals surface area contributed by atoms with Gasteiger partial charge in [-0.05, 0) is 6.42 Å². The van der Waals surface area contributed by atoms with Crippen LogP contribution in [0.2, 0.25) is 0 Å². The number of Topliss-reactive ketones (excluding diaryl/α,β-unsaturated/α-hetero) is 1. The number of ether oxygens (including phenoxy) is 2. The molecule has 5 atom stereocenters. The molecule has 0 amide bonds. The van der Waals surface area contributed by atoms with Crippen molar-refractivity contribution in [3.63, 3.8) is 0 Å². The van der Waals surface area contributed by atoms with Crippen molar-refractivity contribution in [2.45, 2.75) is 64.3 Å². The van der Waals surface area contributed by atoms with Gasteiger partial charge in [0.05, 0.1) is 13.2 Å². The van der Waals surface area contributed by atoms with E-state index in [1.54, 1.807) is 0 Å². The van der Waals surface area contributed by atoms with E-state index in [-0.39, 0.29) is 12.4 Å². The maximum absolute atomic E-state index is 11.7. The largest absolute Gasteiger partial charge is 0.394 e. The summed E-state index contributed by atoms with van der Waals surface area (Å²) < 4.78 is 10.5. The Morgan fingerprint density at radius 1 is 1.14 bits per heavy atom. The second-order valence-electron chi connectivity index (χ2n) is 6.34. The lowest BCUT2D eigenvalue weighted by atomic mass is 9.88. The van der Waals surface area contributed by atoms with Crippen LogP contribution in [0.25, 0.3) is 0 Å². The molecule has 5 unspecified atom stereocenters. The lowest BCUT2D eigenvalue weighted by Gasteiger charge is -2.39. The predicted molar refractivity (Wildman–Crippen MR) is 73.4 cm³/mol. The Labute approximate surface area is 124 Å². The maximum atomic E-state index is 11.7. The van der Waals surface area contributed by atoms with Crippen LogP contribution in [-0.4, -0.2) is 70.1 Å². The Bertz CT molecular complexity index is 337.